The lowest BCUT2D eigenvalue weighted by Gasteiger charge is -2.24. The topological polar surface area (TPSA) is 67.3 Å². The van der Waals surface area contributed by atoms with Crippen LogP contribution in [0.4, 0.5) is 5.82 Å². The number of fused-ring (bicyclic) bond motifs is 1. The number of carbonyl (C=O) groups excluding carboxylic acids is 1. The lowest BCUT2D eigenvalue weighted by atomic mass is 10.0. The van der Waals surface area contributed by atoms with E-state index in [-0.39, 0.29) is 11.9 Å². The molecular formula is C33H32N4O2. The van der Waals surface area contributed by atoms with Crippen molar-refractivity contribution < 1.29 is 9.53 Å². The van der Waals surface area contributed by atoms with Gasteiger partial charge in [-0.05, 0) is 78.6 Å². The van der Waals surface area contributed by atoms with Gasteiger partial charge in [0.25, 0.3) is 5.91 Å². The SMILES string of the molecule is COc1ccc(C(=O)N(Cc2ccccc2)Cc2cccc(-c3ccc4ncnc(NC(C)C)c4c3)c2)cc1. The molecule has 5 rings (SSSR count). The zero-order valence-corrected chi connectivity index (χ0v) is 22.5. The third-order valence-electron chi connectivity index (χ3n) is 6.53. The van der Waals surface area contributed by atoms with E-state index in [2.05, 4.69) is 59.5 Å². The number of nitrogens with zero attached hydrogens (tertiary/aromatic N) is 3. The van der Waals surface area contributed by atoms with Crippen LogP contribution in [0.2, 0.25) is 0 Å². The Balaban J connectivity index is 1.45. The highest BCUT2D eigenvalue weighted by Gasteiger charge is 2.18. The summed E-state index contributed by atoms with van der Waals surface area (Å²) >= 11 is 0. The molecule has 39 heavy (non-hydrogen) atoms. The standard InChI is InChI=1S/C33H32N4O2/c1-23(2)36-32-30-19-28(14-17-31(30)34-22-35-32)27-11-7-10-25(18-27)21-37(20-24-8-5-4-6-9-24)33(38)26-12-15-29(39-3)16-13-26/h4-19,22-23H,20-21H2,1-3H3,(H,34,35,36). The summed E-state index contributed by atoms with van der Waals surface area (Å²) in [6, 6.07) is 32.2. The number of nitrogens with one attached hydrogen (secondary N) is 1. The molecule has 1 heterocycles. The average Bonchev–Trinajstić information content (AvgIpc) is 2.97. The van der Waals surface area contributed by atoms with E-state index >= 15 is 0 Å². The molecule has 0 saturated heterocycles. The highest BCUT2D eigenvalue weighted by atomic mass is 16.5. The summed E-state index contributed by atoms with van der Waals surface area (Å²) in [5, 5.41) is 4.40. The molecular weight excluding hydrogens is 484 g/mol. The van der Waals surface area contributed by atoms with Crippen LogP contribution in [0.1, 0.15) is 35.3 Å². The minimum atomic E-state index is -0.0286. The number of ether oxygens (including phenoxy) is 1. The Kier molecular flexibility index (Phi) is 7.83. The van der Waals surface area contributed by atoms with Gasteiger partial charge in [0.05, 0.1) is 12.6 Å². The molecule has 1 N–H and O–H groups in total. The molecule has 4 aromatic carbocycles. The van der Waals surface area contributed by atoms with Crippen LogP contribution in [0.5, 0.6) is 5.75 Å². The Morgan fingerprint density at radius 3 is 2.28 bits per heavy atom. The summed E-state index contributed by atoms with van der Waals surface area (Å²) in [4.78, 5) is 24.4. The number of amides is 1. The second kappa shape index (κ2) is 11.8. The lowest BCUT2D eigenvalue weighted by Crippen LogP contribution is -2.30. The first-order chi connectivity index (χ1) is 19.0. The number of hydrogen-bond donors (Lipinski definition) is 1. The van der Waals surface area contributed by atoms with Gasteiger partial charge in [-0.15, -0.1) is 0 Å². The lowest BCUT2D eigenvalue weighted by molar-refractivity contribution is 0.0730. The molecule has 0 spiro atoms. The van der Waals surface area contributed by atoms with E-state index < -0.39 is 0 Å². The summed E-state index contributed by atoms with van der Waals surface area (Å²) < 4.78 is 5.27. The molecule has 1 aromatic heterocycles. The van der Waals surface area contributed by atoms with Gasteiger partial charge in [0.15, 0.2) is 0 Å². The quantitative estimate of drug-likeness (QED) is 0.229. The van der Waals surface area contributed by atoms with E-state index in [0.29, 0.717) is 18.7 Å². The summed E-state index contributed by atoms with van der Waals surface area (Å²) in [5.74, 6) is 1.52. The third kappa shape index (κ3) is 6.24. The van der Waals surface area contributed by atoms with Crippen LogP contribution in [-0.4, -0.2) is 33.9 Å². The Morgan fingerprint density at radius 2 is 1.54 bits per heavy atom. The van der Waals surface area contributed by atoms with Crippen molar-refractivity contribution in [1.29, 1.82) is 0 Å². The van der Waals surface area contributed by atoms with Crippen LogP contribution in [0.3, 0.4) is 0 Å². The Morgan fingerprint density at radius 1 is 0.821 bits per heavy atom. The van der Waals surface area contributed by atoms with Gasteiger partial charge in [0.2, 0.25) is 0 Å². The first kappa shape index (κ1) is 25.9. The van der Waals surface area contributed by atoms with E-state index in [9.17, 15) is 4.79 Å². The van der Waals surface area contributed by atoms with Crippen molar-refractivity contribution >= 4 is 22.6 Å². The minimum absolute atomic E-state index is 0.0286. The third-order valence-corrected chi connectivity index (χ3v) is 6.53. The van der Waals surface area contributed by atoms with Gasteiger partial charge in [0, 0.05) is 30.1 Å². The van der Waals surface area contributed by atoms with E-state index in [1.807, 2.05) is 71.6 Å². The monoisotopic (exact) mass is 516 g/mol. The molecule has 0 unspecified atom stereocenters. The molecule has 0 aliphatic heterocycles. The molecule has 0 saturated carbocycles. The largest absolute Gasteiger partial charge is 0.497 e. The van der Waals surface area contributed by atoms with Gasteiger partial charge >= 0.3 is 0 Å². The van der Waals surface area contributed by atoms with Crippen LogP contribution in [0.15, 0.2) is 103 Å². The molecule has 0 atom stereocenters. The fraction of sp³-hybridized carbons (Fsp3) is 0.182. The van der Waals surface area contributed by atoms with Crippen LogP contribution >= 0.6 is 0 Å². The molecule has 5 aromatic rings. The summed E-state index contributed by atoms with van der Waals surface area (Å²) in [6.07, 6.45) is 1.59. The minimum Gasteiger partial charge on any atom is -0.497 e. The predicted octanol–water partition coefficient (Wildman–Crippen LogP) is 6.97. The molecule has 0 aliphatic carbocycles. The highest BCUT2D eigenvalue weighted by Crippen LogP contribution is 2.28. The summed E-state index contributed by atoms with van der Waals surface area (Å²) in [7, 11) is 1.62. The summed E-state index contributed by atoms with van der Waals surface area (Å²) in [6.45, 7) is 5.17. The molecule has 1 amide bonds. The average molecular weight is 517 g/mol. The van der Waals surface area contributed by atoms with Crippen LogP contribution < -0.4 is 10.1 Å². The summed E-state index contributed by atoms with van der Waals surface area (Å²) in [5.41, 5.74) is 5.80. The number of aromatic nitrogens is 2. The molecule has 0 bridgehead atoms. The van der Waals surface area contributed by atoms with Gasteiger partial charge in [-0.25, -0.2) is 9.97 Å². The van der Waals surface area contributed by atoms with Gasteiger partial charge in [-0.2, -0.15) is 0 Å². The number of hydrogen-bond acceptors (Lipinski definition) is 5. The van der Waals surface area contributed by atoms with Crippen molar-refractivity contribution in [1.82, 2.24) is 14.9 Å². The first-order valence-corrected chi connectivity index (χ1v) is 13.1. The fourth-order valence-electron chi connectivity index (χ4n) is 4.61. The smallest absolute Gasteiger partial charge is 0.254 e. The maximum Gasteiger partial charge on any atom is 0.254 e. The number of benzene rings is 4. The van der Waals surface area contributed by atoms with Crippen molar-refractivity contribution in [2.75, 3.05) is 12.4 Å². The van der Waals surface area contributed by atoms with E-state index in [4.69, 9.17) is 4.74 Å². The number of rotatable bonds is 9. The van der Waals surface area contributed by atoms with Crippen LogP contribution in [-0.2, 0) is 13.1 Å². The number of methoxy groups -OCH3 is 1. The van der Waals surface area contributed by atoms with Gasteiger partial charge < -0.3 is 15.0 Å². The van der Waals surface area contributed by atoms with Crippen molar-refractivity contribution in [2.24, 2.45) is 0 Å². The Labute approximate surface area is 229 Å². The second-order valence-electron chi connectivity index (χ2n) is 9.83. The molecule has 0 radical (unpaired) electrons. The van der Waals surface area contributed by atoms with Crippen molar-refractivity contribution in [3.8, 4) is 16.9 Å². The van der Waals surface area contributed by atoms with Crippen LogP contribution in [0, 0.1) is 0 Å². The molecule has 6 heteroatoms. The zero-order chi connectivity index (χ0) is 27.2. The molecule has 196 valence electrons. The van der Waals surface area contributed by atoms with E-state index in [0.717, 1.165) is 44.7 Å². The molecule has 0 fully saturated rings. The van der Waals surface area contributed by atoms with Crippen molar-refractivity contribution in [3.05, 3.63) is 120 Å². The number of anilines is 1. The zero-order valence-electron chi connectivity index (χ0n) is 22.5. The molecule has 6 nitrogen and oxygen atoms in total. The maximum atomic E-state index is 13.6. The second-order valence-corrected chi connectivity index (χ2v) is 9.83. The van der Waals surface area contributed by atoms with E-state index in [1.54, 1.807) is 13.4 Å². The normalized spacial score (nSPS) is 11.0. The van der Waals surface area contributed by atoms with Gasteiger partial charge in [-0.3, -0.25) is 4.79 Å². The first-order valence-electron chi connectivity index (χ1n) is 13.1. The van der Waals surface area contributed by atoms with Crippen LogP contribution in [0.25, 0.3) is 22.0 Å². The van der Waals surface area contributed by atoms with Gasteiger partial charge in [-0.1, -0.05) is 54.6 Å². The Bertz CT molecular complexity index is 1570. The fourth-order valence-corrected chi connectivity index (χ4v) is 4.61. The maximum absolute atomic E-state index is 13.6. The Hall–Kier alpha value is -4.71. The molecule has 0 aliphatic rings. The van der Waals surface area contributed by atoms with E-state index in [1.165, 1.54) is 0 Å². The van der Waals surface area contributed by atoms with Crippen molar-refractivity contribution in [2.45, 2.75) is 33.0 Å². The van der Waals surface area contributed by atoms with Crippen molar-refractivity contribution in [3.63, 3.8) is 0 Å². The highest BCUT2D eigenvalue weighted by molar-refractivity contribution is 5.94. The number of carbonyl (C=O) groups is 1. The van der Waals surface area contributed by atoms with Gasteiger partial charge in [0.1, 0.15) is 17.9 Å². The predicted molar refractivity (Wildman–Crippen MR) is 157 cm³/mol.